The van der Waals surface area contributed by atoms with Gasteiger partial charge in [0.25, 0.3) is 6.47 Å². The lowest BCUT2D eigenvalue weighted by molar-refractivity contribution is -0.122. The van der Waals surface area contributed by atoms with E-state index in [0.717, 1.165) is 0 Å². The van der Waals surface area contributed by atoms with Crippen LogP contribution in [0.3, 0.4) is 0 Å². The molecule has 24 heavy (non-hydrogen) atoms. The van der Waals surface area contributed by atoms with Gasteiger partial charge in [-0.1, -0.05) is 0 Å². The number of aromatic nitrogens is 2. The van der Waals surface area contributed by atoms with Gasteiger partial charge in [-0.2, -0.15) is 0 Å². The van der Waals surface area contributed by atoms with Crippen molar-refractivity contribution in [2.75, 3.05) is 13.7 Å². The van der Waals surface area contributed by atoms with Crippen molar-refractivity contribution in [1.82, 2.24) is 15.3 Å². The lowest BCUT2D eigenvalue weighted by atomic mass is 10.2. The topological polar surface area (TPSA) is 120 Å². The van der Waals surface area contributed by atoms with E-state index in [0.29, 0.717) is 16.2 Å². The molecule has 0 fully saturated rings. The smallest absolute Gasteiger partial charge is 0.407 e. The number of carbonyl (C=O) groups is 2. The molecule has 1 unspecified atom stereocenters. The number of nitrogens with one attached hydrogen (secondary N) is 1. The zero-order valence-electron chi connectivity index (χ0n) is 14.2. The van der Waals surface area contributed by atoms with Crippen LogP contribution in [0.25, 0.3) is 0 Å². The Morgan fingerprint density at radius 1 is 1.42 bits per heavy atom. The van der Waals surface area contributed by atoms with Gasteiger partial charge in [-0.05, 0) is 43.6 Å². The van der Waals surface area contributed by atoms with Gasteiger partial charge in [0.05, 0.1) is 13.2 Å². The Kier molecular flexibility index (Phi) is 9.70. The van der Waals surface area contributed by atoms with Crippen molar-refractivity contribution in [3.63, 3.8) is 0 Å². The zero-order chi connectivity index (χ0) is 18.8. The molecule has 1 rings (SSSR count). The second kappa shape index (κ2) is 10.6. The molecule has 0 saturated carbocycles. The van der Waals surface area contributed by atoms with Gasteiger partial charge in [0.15, 0.2) is 0 Å². The number of carbonyl (C=O) groups excluding carboxylic acids is 1. The average Bonchev–Trinajstić information content (AvgIpc) is 2.45. The number of alkyl carbamates (subject to hydrolysis) is 1. The van der Waals surface area contributed by atoms with E-state index in [2.05, 4.69) is 31.2 Å². The normalized spacial score (nSPS) is 11.4. The third-order valence-electron chi connectivity index (χ3n) is 2.15. The zero-order valence-corrected chi connectivity index (χ0v) is 15.8. The van der Waals surface area contributed by atoms with Gasteiger partial charge >= 0.3 is 6.09 Å². The van der Waals surface area contributed by atoms with Crippen LogP contribution in [0.2, 0.25) is 0 Å². The maximum absolute atomic E-state index is 11.6. The minimum Gasteiger partial charge on any atom is -0.483 e. The van der Waals surface area contributed by atoms with Crippen LogP contribution in [0, 0.1) is 0 Å². The fourth-order valence-electron chi connectivity index (χ4n) is 1.34. The minimum absolute atomic E-state index is 0.234. The van der Waals surface area contributed by atoms with Crippen LogP contribution in [0.5, 0.6) is 11.8 Å². The SMILES string of the molecule is COc1ncnc(OCC(C)NC(=O)OC(C)(C)C)c1Br.O=CO. The molecule has 9 nitrogen and oxygen atoms in total. The molecule has 0 aromatic carbocycles. The van der Waals surface area contributed by atoms with E-state index < -0.39 is 11.7 Å². The van der Waals surface area contributed by atoms with Crippen LogP contribution in [0.1, 0.15) is 27.7 Å². The Bertz CT molecular complexity index is 536. The van der Waals surface area contributed by atoms with Crippen molar-refractivity contribution in [3.05, 3.63) is 10.8 Å². The Hall–Kier alpha value is -2.10. The van der Waals surface area contributed by atoms with Gasteiger partial charge in [0, 0.05) is 0 Å². The molecule has 1 aromatic rings. The van der Waals surface area contributed by atoms with Gasteiger partial charge in [0.2, 0.25) is 11.8 Å². The Balaban J connectivity index is 0.00000163. The summed E-state index contributed by atoms with van der Waals surface area (Å²) < 4.78 is 16.3. The molecular weight excluding hydrogens is 386 g/mol. The molecule has 0 radical (unpaired) electrons. The Morgan fingerprint density at radius 2 is 1.96 bits per heavy atom. The molecule has 2 N–H and O–H groups in total. The lowest BCUT2D eigenvalue weighted by Crippen LogP contribution is -2.40. The Labute approximate surface area is 148 Å². The van der Waals surface area contributed by atoms with Crippen LogP contribution in [-0.4, -0.2) is 53.0 Å². The summed E-state index contributed by atoms with van der Waals surface area (Å²) in [6.45, 7) is 7.20. The van der Waals surface area contributed by atoms with Gasteiger partial charge in [-0.15, -0.1) is 0 Å². The third-order valence-corrected chi connectivity index (χ3v) is 2.83. The molecule has 10 heteroatoms. The summed E-state index contributed by atoms with van der Waals surface area (Å²) in [7, 11) is 1.50. The molecule has 0 bridgehead atoms. The molecular formula is C14H22BrN3O6. The van der Waals surface area contributed by atoms with Crippen molar-refractivity contribution >= 4 is 28.5 Å². The molecule has 0 saturated heterocycles. The molecule has 1 amide bonds. The fourth-order valence-corrected chi connectivity index (χ4v) is 1.82. The van der Waals surface area contributed by atoms with Crippen LogP contribution >= 0.6 is 15.9 Å². The third kappa shape index (κ3) is 9.13. The first-order valence-electron chi connectivity index (χ1n) is 6.89. The maximum Gasteiger partial charge on any atom is 0.407 e. The van der Waals surface area contributed by atoms with Gasteiger partial charge < -0.3 is 24.6 Å². The molecule has 0 aliphatic rings. The average molecular weight is 408 g/mol. The molecule has 136 valence electrons. The monoisotopic (exact) mass is 407 g/mol. The number of hydrogen-bond donors (Lipinski definition) is 2. The van der Waals surface area contributed by atoms with E-state index in [1.807, 2.05) is 0 Å². The summed E-state index contributed by atoms with van der Waals surface area (Å²) in [4.78, 5) is 27.9. The van der Waals surface area contributed by atoms with Gasteiger partial charge in [-0.3, -0.25) is 4.79 Å². The van der Waals surface area contributed by atoms with Crippen LogP contribution in [-0.2, 0) is 9.53 Å². The highest BCUT2D eigenvalue weighted by molar-refractivity contribution is 9.10. The summed E-state index contributed by atoms with van der Waals surface area (Å²) in [6, 6.07) is -0.243. The van der Waals surface area contributed by atoms with E-state index in [4.69, 9.17) is 24.1 Å². The number of carboxylic acid groups (broad SMARTS) is 1. The number of halogens is 1. The number of amides is 1. The second-order valence-corrected chi connectivity index (χ2v) is 6.26. The highest BCUT2D eigenvalue weighted by atomic mass is 79.9. The van der Waals surface area contributed by atoms with Crippen LogP contribution in [0.15, 0.2) is 10.8 Å². The highest BCUT2D eigenvalue weighted by Crippen LogP contribution is 2.29. The number of rotatable bonds is 5. The van der Waals surface area contributed by atoms with Crippen molar-refractivity contribution in [1.29, 1.82) is 0 Å². The predicted molar refractivity (Wildman–Crippen MR) is 89.3 cm³/mol. The lowest BCUT2D eigenvalue weighted by Gasteiger charge is -2.22. The highest BCUT2D eigenvalue weighted by Gasteiger charge is 2.18. The van der Waals surface area contributed by atoms with E-state index in [1.54, 1.807) is 27.7 Å². The number of hydrogen-bond acceptors (Lipinski definition) is 7. The molecule has 0 spiro atoms. The fraction of sp³-hybridized carbons (Fsp3) is 0.571. The molecule has 0 aliphatic carbocycles. The van der Waals surface area contributed by atoms with Crippen LogP contribution in [0.4, 0.5) is 4.79 Å². The quantitative estimate of drug-likeness (QED) is 0.712. The van der Waals surface area contributed by atoms with Crippen LogP contribution < -0.4 is 14.8 Å². The van der Waals surface area contributed by atoms with E-state index in [-0.39, 0.29) is 19.1 Å². The summed E-state index contributed by atoms with van der Waals surface area (Å²) in [5.41, 5.74) is -0.534. The Morgan fingerprint density at radius 3 is 2.46 bits per heavy atom. The first-order valence-corrected chi connectivity index (χ1v) is 7.68. The maximum atomic E-state index is 11.6. The summed E-state index contributed by atoms with van der Waals surface area (Å²) >= 11 is 3.30. The molecule has 1 atom stereocenters. The van der Waals surface area contributed by atoms with E-state index >= 15 is 0 Å². The van der Waals surface area contributed by atoms with E-state index in [9.17, 15) is 4.79 Å². The summed E-state index contributed by atoms with van der Waals surface area (Å²) in [6.07, 6.45) is 0.850. The summed E-state index contributed by atoms with van der Waals surface area (Å²) in [5.74, 6) is 0.729. The molecule has 1 aromatic heterocycles. The minimum atomic E-state index is -0.534. The molecule has 1 heterocycles. The standard InChI is InChI=1S/C13H20BrN3O4.CH2O2/c1-8(17-12(18)21-13(2,3)4)6-20-11-9(14)10(19-5)15-7-16-11;2-1-3/h7-8H,6H2,1-5H3,(H,17,18);1H,(H,2,3). The van der Waals surface area contributed by atoms with Gasteiger partial charge in [-0.25, -0.2) is 14.8 Å². The summed E-state index contributed by atoms with van der Waals surface area (Å²) in [5, 5.41) is 9.57. The number of nitrogens with zero attached hydrogens (tertiary/aromatic N) is 2. The van der Waals surface area contributed by atoms with Crippen molar-refractivity contribution in [2.24, 2.45) is 0 Å². The number of ether oxygens (including phenoxy) is 3. The van der Waals surface area contributed by atoms with Crippen molar-refractivity contribution in [2.45, 2.75) is 39.3 Å². The van der Waals surface area contributed by atoms with Crippen molar-refractivity contribution < 1.29 is 28.9 Å². The first-order chi connectivity index (χ1) is 11.1. The van der Waals surface area contributed by atoms with Gasteiger partial charge in [0.1, 0.15) is 23.0 Å². The first kappa shape index (κ1) is 21.9. The predicted octanol–water partition coefficient (Wildman–Crippen LogP) is 2.24. The van der Waals surface area contributed by atoms with Crippen molar-refractivity contribution in [3.8, 4) is 11.8 Å². The number of methoxy groups -OCH3 is 1. The second-order valence-electron chi connectivity index (χ2n) is 5.47. The molecule has 0 aliphatic heterocycles. The van der Waals surface area contributed by atoms with E-state index in [1.165, 1.54) is 13.4 Å². The largest absolute Gasteiger partial charge is 0.483 e.